The van der Waals surface area contributed by atoms with E-state index in [2.05, 4.69) is 51.2 Å². The first-order valence-electron chi connectivity index (χ1n) is 5.48. The summed E-state index contributed by atoms with van der Waals surface area (Å²) in [4.78, 5) is 1.40. The van der Waals surface area contributed by atoms with Gasteiger partial charge in [-0.2, -0.15) is 0 Å². The molecule has 1 N–H and O–H groups in total. The average molecular weight is 221 g/mol. The lowest BCUT2D eigenvalue weighted by Gasteiger charge is -2.35. The Balaban J connectivity index is 2.26. The second kappa shape index (κ2) is 3.75. The summed E-state index contributed by atoms with van der Waals surface area (Å²) in [5.41, 5.74) is 3.00. The van der Waals surface area contributed by atoms with E-state index in [-0.39, 0.29) is 0 Å². The zero-order valence-corrected chi connectivity index (χ0v) is 10.7. The van der Waals surface area contributed by atoms with Gasteiger partial charge in [-0.3, -0.25) is 0 Å². The molecule has 0 spiro atoms. The maximum Gasteiger partial charge on any atom is 0.0479 e. The molecule has 1 unspecified atom stereocenters. The van der Waals surface area contributed by atoms with Gasteiger partial charge >= 0.3 is 0 Å². The van der Waals surface area contributed by atoms with Crippen LogP contribution < -0.4 is 5.32 Å². The molecule has 1 nitrogen and oxygen atoms in total. The van der Waals surface area contributed by atoms with Crippen LogP contribution in [0.15, 0.2) is 23.1 Å². The summed E-state index contributed by atoms with van der Waals surface area (Å²) in [5, 5.41) is 4.18. The van der Waals surface area contributed by atoms with Crippen LogP contribution in [0.4, 0.5) is 5.69 Å². The average Bonchev–Trinajstić information content (AvgIpc) is 2.15. The highest BCUT2D eigenvalue weighted by atomic mass is 32.2. The lowest BCUT2D eigenvalue weighted by molar-refractivity contribution is 0.401. The number of thioether (sulfide) groups is 1. The molecule has 0 saturated heterocycles. The first-order valence-corrected chi connectivity index (χ1v) is 6.36. The van der Waals surface area contributed by atoms with Gasteiger partial charge in [-0.25, -0.2) is 0 Å². The number of anilines is 1. The minimum atomic E-state index is 0.360. The molecular weight excluding hydrogens is 202 g/mol. The Morgan fingerprint density at radius 2 is 2.07 bits per heavy atom. The van der Waals surface area contributed by atoms with E-state index < -0.39 is 0 Å². The maximum atomic E-state index is 3.53. The Morgan fingerprint density at radius 3 is 2.73 bits per heavy atom. The van der Waals surface area contributed by atoms with Gasteiger partial charge in [0.15, 0.2) is 0 Å². The van der Waals surface area contributed by atoms with E-state index in [0.29, 0.717) is 10.7 Å². The van der Waals surface area contributed by atoms with Gasteiger partial charge in [0, 0.05) is 22.4 Å². The van der Waals surface area contributed by atoms with Gasteiger partial charge in [0.1, 0.15) is 0 Å². The summed E-state index contributed by atoms with van der Waals surface area (Å²) in [6.45, 7) is 10.2. The van der Waals surface area contributed by atoms with Crippen LogP contribution in [-0.2, 0) is 0 Å². The van der Waals surface area contributed by atoms with Crippen molar-refractivity contribution in [3.63, 3.8) is 0 Å². The minimum Gasteiger partial charge on any atom is -0.383 e. The zero-order chi connectivity index (χ0) is 11.1. The Hall–Kier alpha value is -0.630. The molecule has 1 heterocycles. The Labute approximate surface area is 96.7 Å². The highest BCUT2D eigenvalue weighted by Crippen LogP contribution is 2.42. The molecule has 0 fully saturated rings. The van der Waals surface area contributed by atoms with Gasteiger partial charge in [0.25, 0.3) is 0 Å². The Kier molecular flexibility index (Phi) is 2.72. The number of nitrogens with one attached hydrogen (secondary N) is 1. The third-order valence-corrected chi connectivity index (χ3v) is 4.60. The van der Waals surface area contributed by atoms with Crippen LogP contribution >= 0.6 is 11.8 Å². The lowest BCUT2D eigenvalue weighted by atomic mass is 9.91. The van der Waals surface area contributed by atoms with Crippen LogP contribution in [0, 0.1) is 12.3 Å². The van der Waals surface area contributed by atoms with Gasteiger partial charge in [-0.15, -0.1) is 11.8 Å². The number of hydrogen-bond donors (Lipinski definition) is 1. The maximum absolute atomic E-state index is 3.53. The molecule has 0 bridgehead atoms. The lowest BCUT2D eigenvalue weighted by Crippen LogP contribution is -2.32. The van der Waals surface area contributed by atoms with Crippen molar-refractivity contribution in [3.8, 4) is 0 Å². The van der Waals surface area contributed by atoms with Gasteiger partial charge in [-0.05, 0) is 30.0 Å². The van der Waals surface area contributed by atoms with Crippen molar-refractivity contribution in [1.82, 2.24) is 0 Å². The molecule has 1 aromatic rings. The van der Waals surface area contributed by atoms with Crippen LogP contribution in [0.2, 0.25) is 0 Å². The Morgan fingerprint density at radius 1 is 1.33 bits per heavy atom. The van der Waals surface area contributed by atoms with E-state index in [0.717, 1.165) is 6.54 Å². The third-order valence-electron chi connectivity index (χ3n) is 2.85. The van der Waals surface area contributed by atoms with Gasteiger partial charge in [0.05, 0.1) is 0 Å². The highest BCUT2D eigenvalue weighted by Gasteiger charge is 2.29. The molecule has 0 amide bonds. The summed E-state index contributed by atoms with van der Waals surface area (Å²) in [5.74, 6) is 0. The van der Waals surface area contributed by atoms with E-state index in [4.69, 9.17) is 0 Å². The van der Waals surface area contributed by atoms with Crippen molar-refractivity contribution >= 4 is 17.4 Å². The van der Waals surface area contributed by atoms with Gasteiger partial charge in [-0.1, -0.05) is 26.8 Å². The van der Waals surface area contributed by atoms with E-state index in [9.17, 15) is 0 Å². The van der Waals surface area contributed by atoms with E-state index in [1.54, 1.807) is 0 Å². The minimum absolute atomic E-state index is 0.360. The molecule has 0 radical (unpaired) electrons. The van der Waals surface area contributed by atoms with Crippen molar-refractivity contribution in [1.29, 1.82) is 0 Å². The topological polar surface area (TPSA) is 12.0 Å². The predicted molar refractivity (Wildman–Crippen MR) is 68.8 cm³/mol. The second-order valence-electron chi connectivity index (χ2n) is 5.35. The summed E-state index contributed by atoms with van der Waals surface area (Å²) < 4.78 is 0. The number of hydrogen-bond acceptors (Lipinski definition) is 2. The molecule has 2 heteroatoms. The third kappa shape index (κ3) is 2.31. The van der Waals surface area contributed by atoms with Crippen LogP contribution in [0.1, 0.15) is 26.3 Å². The summed E-state index contributed by atoms with van der Waals surface area (Å²) in [6, 6.07) is 6.64. The monoisotopic (exact) mass is 221 g/mol. The summed E-state index contributed by atoms with van der Waals surface area (Å²) in [6.07, 6.45) is 0. The molecule has 82 valence electrons. The Bertz CT molecular complexity index is 365. The number of aryl methyl sites for hydroxylation is 1. The molecule has 0 saturated carbocycles. The van der Waals surface area contributed by atoms with Crippen LogP contribution in [0.5, 0.6) is 0 Å². The number of fused-ring (bicyclic) bond motifs is 1. The molecule has 1 aliphatic rings. The first kappa shape index (κ1) is 10.9. The quantitative estimate of drug-likeness (QED) is 0.712. The molecule has 0 aliphatic carbocycles. The van der Waals surface area contributed by atoms with Crippen molar-refractivity contribution in [2.24, 2.45) is 5.41 Å². The zero-order valence-electron chi connectivity index (χ0n) is 9.92. The van der Waals surface area contributed by atoms with Crippen molar-refractivity contribution in [2.45, 2.75) is 37.8 Å². The van der Waals surface area contributed by atoms with E-state index in [1.807, 2.05) is 11.8 Å². The van der Waals surface area contributed by atoms with Gasteiger partial charge < -0.3 is 5.32 Å². The molecule has 1 atom stereocenters. The number of rotatable bonds is 0. The predicted octanol–water partition coefficient (Wildman–Crippen LogP) is 3.93. The van der Waals surface area contributed by atoms with Crippen molar-refractivity contribution < 1.29 is 0 Å². The standard InChI is InChI=1S/C13H19NS/c1-9-5-6-10-11(7-9)15-12(8-14-10)13(2,3)4/h5-7,12,14H,8H2,1-4H3. The first-order chi connectivity index (χ1) is 6.97. The summed E-state index contributed by atoms with van der Waals surface area (Å²) >= 11 is 2.02. The van der Waals surface area contributed by atoms with Crippen LogP contribution in [0.3, 0.4) is 0 Å². The van der Waals surface area contributed by atoms with Crippen molar-refractivity contribution in [3.05, 3.63) is 23.8 Å². The highest BCUT2D eigenvalue weighted by molar-refractivity contribution is 8.00. The largest absolute Gasteiger partial charge is 0.383 e. The SMILES string of the molecule is Cc1ccc2c(c1)SC(C(C)(C)C)CN2. The number of benzene rings is 1. The van der Waals surface area contributed by atoms with E-state index >= 15 is 0 Å². The van der Waals surface area contributed by atoms with Gasteiger partial charge in [0.2, 0.25) is 0 Å². The summed E-state index contributed by atoms with van der Waals surface area (Å²) in [7, 11) is 0. The molecule has 1 aromatic carbocycles. The van der Waals surface area contributed by atoms with Crippen LogP contribution in [0.25, 0.3) is 0 Å². The fourth-order valence-electron chi connectivity index (χ4n) is 1.75. The molecule has 15 heavy (non-hydrogen) atoms. The van der Waals surface area contributed by atoms with E-state index in [1.165, 1.54) is 16.1 Å². The fourth-order valence-corrected chi connectivity index (χ4v) is 3.10. The van der Waals surface area contributed by atoms with Crippen LogP contribution in [-0.4, -0.2) is 11.8 Å². The molecule has 2 rings (SSSR count). The second-order valence-corrected chi connectivity index (χ2v) is 6.60. The molecular formula is C13H19NS. The molecule has 0 aromatic heterocycles. The smallest absolute Gasteiger partial charge is 0.0479 e. The normalized spacial score (nSPS) is 20.7. The fraction of sp³-hybridized carbons (Fsp3) is 0.538. The van der Waals surface area contributed by atoms with Crippen molar-refractivity contribution in [2.75, 3.05) is 11.9 Å². The molecule has 1 aliphatic heterocycles.